The van der Waals surface area contributed by atoms with Gasteiger partial charge in [0, 0.05) is 32.2 Å². The highest BCUT2D eigenvalue weighted by Gasteiger charge is 2.10. The Morgan fingerprint density at radius 1 is 1.33 bits per heavy atom. The van der Waals surface area contributed by atoms with Crippen LogP contribution in [0.25, 0.3) is 0 Å². The lowest BCUT2D eigenvalue weighted by Crippen LogP contribution is -2.41. The Morgan fingerprint density at radius 3 is 2.67 bits per heavy atom. The van der Waals surface area contributed by atoms with E-state index in [0.29, 0.717) is 6.54 Å². The number of nitrogens with zero attached hydrogens (tertiary/aromatic N) is 2. The van der Waals surface area contributed by atoms with Crippen molar-refractivity contribution in [3.05, 3.63) is 35.4 Å². The summed E-state index contributed by atoms with van der Waals surface area (Å²) in [5, 5.41) is 3.22. The number of alkyl halides is 2. The highest BCUT2D eigenvalue weighted by Crippen LogP contribution is 2.18. The van der Waals surface area contributed by atoms with Gasteiger partial charge in [-0.05, 0) is 12.0 Å². The number of aliphatic imine (C=N–C) groups is 1. The van der Waals surface area contributed by atoms with E-state index in [2.05, 4.69) is 15.2 Å². The van der Waals surface area contributed by atoms with Crippen molar-refractivity contribution < 1.29 is 8.78 Å². The first-order chi connectivity index (χ1) is 8.66. The molecule has 0 unspecified atom stereocenters. The minimum atomic E-state index is -2.40. The summed E-state index contributed by atoms with van der Waals surface area (Å²) in [6.45, 7) is 2.44. The van der Waals surface area contributed by atoms with Crippen molar-refractivity contribution in [2.45, 2.75) is 19.4 Å². The summed E-state index contributed by atoms with van der Waals surface area (Å²) in [5.74, 6) is 0.874. The Labute approximate surface area is 106 Å². The Bertz CT molecular complexity index is 415. The summed E-state index contributed by atoms with van der Waals surface area (Å²) in [7, 11) is 1.99. The molecule has 0 atom stereocenters. The van der Waals surface area contributed by atoms with Gasteiger partial charge in [0.2, 0.25) is 0 Å². The van der Waals surface area contributed by atoms with E-state index in [1.165, 1.54) is 12.1 Å². The van der Waals surface area contributed by atoms with Crippen molar-refractivity contribution in [1.29, 1.82) is 0 Å². The molecule has 0 saturated carbocycles. The molecule has 0 spiro atoms. The first kappa shape index (κ1) is 12.8. The van der Waals surface area contributed by atoms with Crippen molar-refractivity contribution >= 4 is 5.96 Å². The molecule has 1 aliphatic rings. The van der Waals surface area contributed by atoms with Gasteiger partial charge in [0.15, 0.2) is 5.96 Å². The second-order valence-electron chi connectivity index (χ2n) is 4.38. The van der Waals surface area contributed by atoms with E-state index in [1.807, 2.05) is 7.05 Å². The molecule has 3 nitrogen and oxygen atoms in total. The molecule has 0 amide bonds. The van der Waals surface area contributed by atoms with Crippen molar-refractivity contribution in [3.63, 3.8) is 0 Å². The fourth-order valence-corrected chi connectivity index (χ4v) is 1.87. The number of hydrogen-bond acceptors (Lipinski definition) is 3. The zero-order valence-electron chi connectivity index (χ0n) is 10.4. The SMILES string of the molecule is CN1CCCN=C1NCc1ccc(C(F)F)cc1. The molecular weight excluding hydrogens is 236 g/mol. The lowest BCUT2D eigenvalue weighted by atomic mass is 10.1. The van der Waals surface area contributed by atoms with Crippen LogP contribution in [0, 0.1) is 0 Å². The van der Waals surface area contributed by atoms with E-state index in [4.69, 9.17) is 0 Å². The fraction of sp³-hybridized carbons (Fsp3) is 0.462. The maximum absolute atomic E-state index is 12.4. The van der Waals surface area contributed by atoms with Crippen LogP contribution in [0.1, 0.15) is 24.0 Å². The molecule has 0 aliphatic carbocycles. The van der Waals surface area contributed by atoms with Gasteiger partial charge in [0.1, 0.15) is 0 Å². The van der Waals surface area contributed by atoms with Crippen LogP contribution >= 0.6 is 0 Å². The summed E-state index contributed by atoms with van der Waals surface area (Å²) in [6, 6.07) is 6.37. The second kappa shape index (κ2) is 5.80. The molecule has 0 saturated heterocycles. The van der Waals surface area contributed by atoms with Gasteiger partial charge in [-0.3, -0.25) is 4.99 Å². The lowest BCUT2D eigenvalue weighted by Gasteiger charge is -2.25. The van der Waals surface area contributed by atoms with Gasteiger partial charge in [0.05, 0.1) is 0 Å². The predicted molar refractivity (Wildman–Crippen MR) is 67.8 cm³/mol. The number of benzene rings is 1. The zero-order valence-corrected chi connectivity index (χ0v) is 10.4. The predicted octanol–water partition coefficient (Wildman–Crippen LogP) is 2.41. The van der Waals surface area contributed by atoms with Crippen molar-refractivity contribution in [3.8, 4) is 0 Å². The van der Waals surface area contributed by atoms with Gasteiger partial charge in [-0.25, -0.2) is 8.78 Å². The number of halogens is 2. The van der Waals surface area contributed by atoms with E-state index in [0.717, 1.165) is 31.0 Å². The van der Waals surface area contributed by atoms with E-state index < -0.39 is 6.43 Å². The number of rotatable bonds is 3. The topological polar surface area (TPSA) is 27.6 Å². The van der Waals surface area contributed by atoms with Gasteiger partial charge in [-0.1, -0.05) is 24.3 Å². The minimum Gasteiger partial charge on any atom is -0.352 e. The van der Waals surface area contributed by atoms with Crippen LogP contribution in [0.2, 0.25) is 0 Å². The Kier molecular flexibility index (Phi) is 4.12. The van der Waals surface area contributed by atoms with Crippen LogP contribution in [0.15, 0.2) is 29.3 Å². The second-order valence-corrected chi connectivity index (χ2v) is 4.38. The summed E-state index contributed by atoms with van der Waals surface area (Å²) < 4.78 is 24.8. The average Bonchev–Trinajstić information content (AvgIpc) is 2.38. The van der Waals surface area contributed by atoms with E-state index in [-0.39, 0.29) is 5.56 Å². The van der Waals surface area contributed by atoms with Crippen LogP contribution in [0.5, 0.6) is 0 Å². The molecule has 0 aromatic heterocycles. The molecule has 5 heteroatoms. The normalized spacial score (nSPS) is 15.8. The average molecular weight is 253 g/mol. The molecule has 1 aliphatic heterocycles. The quantitative estimate of drug-likeness (QED) is 0.895. The summed E-state index contributed by atoms with van der Waals surface area (Å²) in [5.41, 5.74) is 1.03. The van der Waals surface area contributed by atoms with Crippen LogP contribution in [0.4, 0.5) is 8.78 Å². The van der Waals surface area contributed by atoms with Crippen LogP contribution in [0.3, 0.4) is 0 Å². The first-order valence-electron chi connectivity index (χ1n) is 6.03. The van der Waals surface area contributed by atoms with Gasteiger partial charge in [-0.15, -0.1) is 0 Å². The molecule has 1 N–H and O–H groups in total. The maximum atomic E-state index is 12.4. The Morgan fingerprint density at radius 2 is 2.06 bits per heavy atom. The number of nitrogens with one attached hydrogen (secondary N) is 1. The lowest BCUT2D eigenvalue weighted by molar-refractivity contribution is 0.151. The van der Waals surface area contributed by atoms with Crippen molar-refractivity contribution in [2.24, 2.45) is 4.99 Å². The molecule has 0 radical (unpaired) electrons. The molecular formula is C13H17F2N3. The smallest absolute Gasteiger partial charge is 0.263 e. The minimum absolute atomic E-state index is 0.0610. The molecule has 1 heterocycles. The summed E-state index contributed by atoms with van der Waals surface area (Å²) in [4.78, 5) is 6.45. The monoisotopic (exact) mass is 253 g/mol. The third kappa shape index (κ3) is 3.18. The van der Waals surface area contributed by atoms with Gasteiger partial charge in [-0.2, -0.15) is 0 Å². The molecule has 98 valence electrons. The van der Waals surface area contributed by atoms with E-state index in [9.17, 15) is 8.78 Å². The van der Waals surface area contributed by atoms with Crippen molar-refractivity contribution in [2.75, 3.05) is 20.1 Å². The van der Waals surface area contributed by atoms with Crippen LogP contribution in [-0.4, -0.2) is 31.0 Å². The van der Waals surface area contributed by atoms with Crippen molar-refractivity contribution in [1.82, 2.24) is 10.2 Å². The summed E-state index contributed by atoms with van der Waals surface area (Å²) >= 11 is 0. The molecule has 18 heavy (non-hydrogen) atoms. The third-order valence-corrected chi connectivity index (χ3v) is 2.96. The van der Waals surface area contributed by atoms with Gasteiger partial charge >= 0.3 is 0 Å². The van der Waals surface area contributed by atoms with E-state index in [1.54, 1.807) is 12.1 Å². The largest absolute Gasteiger partial charge is 0.352 e. The van der Waals surface area contributed by atoms with Gasteiger partial charge in [0.25, 0.3) is 6.43 Å². The Hall–Kier alpha value is -1.65. The fourth-order valence-electron chi connectivity index (χ4n) is 1.87. The Balaban J connectivity index is 1.92. The van der Waals surface area contributed by atoms with Crippen LogP contribution in [-0.2, 0) is 6.54 Å². The first-order valence-corrected chi connectivity index (χ1v) is 6.03. The summed E-state index contributed by atoms with van der Waals surface area (Å²) in [6.07, 6.45) is -1.33. The molecule has 1 aromatic carbocycles. The third-order valence-electron chi connectivity index (χ3n) is 2.96. The molecule has 0 fully saturated rings. The number of hydrogen-bond donors (Lipinski definition) is 1. The zero-order chi connectivity index (χ0) is 13.0. The maximum Gasteiger partial charge on any atom is 0.263 e. The van der Waals surface area contributed by atoms with E-state index >= 15 is 0 Å². The standard InChI is InChI=1S/C13H17F2N3/c1-18-8-2-7-16-13(18)17-9-10-3-5-11(6-4-10)12(14)15/h3-6,12H,2,7-9H2,1H3,(H,16,17). The highest BCUT2D eigenvalue weighted by molar-refractivity contribution is 5.80. The molecule has 2 rings (SSSR count). The highest BCUT2D eigenvalue weighted by atomic mass is 19.3. The van der Waals surface area contributed by atoms with Crippen LogP contribution < -0.4 is 5.32 Å². The molecule has 0 bridgehead atoms. The number of guanidine groups is 1. The molecule has 1 aromatic rings. The van der Waals surface area contributed by atoms with Gasteiger partial charge < -0.3 is 10.2 Å².